The van der Waals surface area contributed by atoms with E-state index in [4.69, 9.17) is 5.11 Å². The van der Waals surface area contributed by atoms with Gasteiger partial charge >= 0.3 is 5.97 Å². The summed E-state index contributed by atoms with van der Waals surface area (Å²) < 4.78 is 0. The summed E-state index contributed by atoms with van der Waals surface area (Å²) in [6, 6.07) is 7.00. The summed E-state index contributed by atoms with van der Waals surface area (Å²) in [6.45, 7) is 1.67. The second-order valence-corrected chi connectivity index (χ2v) is 5.81. The summed E-state index contributed by atoms with van der Waals surface area (Å²) in [7, 11) is 2.05. The van der Waals surface area contributed by atoms with Crippen LogP contribution in [0.1, 0.15) is 41.6 Å². The van der Waals surface area contributed by atoms with E-state index < -0.39 is 5.97 Å². The quantitative estimate of drug-likeness (QED) is 0.867. The molecule has 0 saturated heterocycles. The second kappa shape index (κ2) is 6.86. The highest BCUT2D eigenvalue weighted by atomic mass is 16.4. The van der Waals surface area contributed by atoms with E-state index in [1.165, 1.54) is 6.42 Å². The van der Waals surface area contributed by atoms with Crippen molar-refractivity contribution in [2.75, 3.05) is 13.6 Å². The van der Waals surface area contributed by atoms with Crippen molar-refractivity contribution in [3.63, 3.8) is 0 Å². The van der Waals surface area contributed by atoms with Crippen molar-refractivity contribution in [3.05, 3.63) is 35.4 Å². The largest absolute Gasteiger partial charge is 0.478 e. The van der Waals surface area contributed by atoms with Crippen LogP contribution in [0.3, 0.4) is 0 Å². The molecule has 2 atom stereocenters. The van der Waals surface area contributed by atoms with Gasteiger partial charge in [0.25, 0.3) is 0 Å². The van der Waals surface area contributed by atoms with Crippen LogP contribution in [0.25, 0.3) is 0 Å². The predicted molar refractivity (Wildman–Crippen MR) is 77.7 cm³/mol. The zero-order chi connectivity index (χ0) is 14.5. The zero-order valence-electron chi connectivity index (χ0n) is 12.0. The molecule has 2 N–H and O–H groups in total. The molecule has 0 bridgehead atoms. The minimum Gasteiger partial charge on any atom is -0.478 e. The Kier molecular flexibility index (Phi) is 5.15. The molecular formula is C16H23NO3. The molecule has 0 aliphatic heterocycles. The molecule has 0 amide bonds. The van der Waals surface area contributed by atoms with Crippen molar-refractivity contribution in [3.8, 4) is 0 Å². The van der Waals surface area contributed by atoms with Gasteiger partial charge in [0, 0.05) is 13.1 Å². The van der Waals surface area contributed by atoms with Crippen molar-refractivity contribution in [1.29, 1.82) is 0 Å². The van der Waals surface area contributed by atoms with Gasteiger partial charge in [-0.05, 0) is 43.5 Å². The lowest BCUT2D eigenvalue weighted by Gasteiger charge is -2.31. The van der Waals surface area contributed by atoms with E-state index in [-0.39, 0.29) is 6.10 Å². The number of nitrogens with zero attached hydrogens (tertiary/aromatic N) is 1. The lowest BCUT2D eigenvalue weighted by Crippen LogP contribution is -2.34. The topological polar surface area (TPSA) is 60.8 Å². The van der Waals surface area contributed by atoms with Crippen LogP contribution >= 0.6 is 0 Å². The van der Waals surface area contributed by atoms with Gasteiger partial charge in [-0.2, -0.15) is 0 Å². The lowest BCUT2D eigenvalue weighted by atomic mass is 9.86. The van der Waals surface area contributed by atoms with Crippen LogP contribution in [0.2, 0.25) is 0 Å². The molecular weight excluding hydrogens is 254 g/mol. The highest BCUT2D eigenvalue weighted by molar-refractivity contribution is 5.87. The number of aliphatic hydroxyl groups excluding tert-OH is 1. The third kappa shape index (κ3) is 4.05. The fourth-order valence-corrected chi connectivity index (χ4v) is 2.93. The van der Waals surface area contributed by atoms with Crippen LogP contribution in [0.15, 0.2) is 24.3 Å². The summed E-state index contributed by atoms with van der Waals surface area (Å²) in [4.78, 5) is 13.0. The van der Waals surface area contributed by atoms with Gasteiger partial charge in [-0.25, -0.2) is 4.79 Å². The fourth-order valence-electron chi connectivity index (χ4n) is 2.93. The molecule has 0 radical (unpaired) electrons. The number of hydrogen-bond acceptors (Lipinski definition) is 3. The number of benzene rings is 1. The second-order valence-electron chi connectivity index (χ2n) is 5.81. The number of carboxylic acid groups (broad SMARTS) is 1. The van der Waals surface area contributed by atoms with Crippen LogP contribution < -0.4 is 0 Å². The Hall–Kier alpha value is -1.39. The van der Waals surface area contributed by atoms with Gasteiger partial charge in [0.15, 0.2) is 0 Å². The Bertz CT molecular complexity index is 444. The Morgan fingerprint density at radius 1 is 1.25 bits per heavy atom. The molecule has 1 aromatic rings. The van der Waals surface area contributed by atoms with Crippen molar-refractivity contribution < 1.29 is 15.0 Å². The maximum absolute atomic E-state index is 10.8. The average Bonchev–Trinajstić information content (AvgIpc) is 2.42. The van der Waals surface area contributed by atoms with Gasteiger partial charge in [-0.15, -0.1) is 0 Å². The molecule has 0 heterocycles. The first-order valence-electron chi connectivity index (χ1n) is 7.25. The Balaban J connectivity index is 1.87. The van der Waals surface area contributed by atoms with Crippen molar-refractivity contribution >= 4 is 5.97 Å². The van der Waals surface area contributed by atoms with Gasteiger partial charge in [-0.3, -0.25) is 0 Å². The molecule has 1 aromatic carbocycles. The Labute approximate surface area is 120 Å². The molecule has 0 aromatic heterocycles. The Morgan fingerprint density at radius 2 is 1.90 bits per heavy atom. The number of rotatable bonds is 5. The molecule has 0 spiro atoms. The first-order valence-corrected chi connectivity index (χ1v) is 7.25. The minimum atomic E-state index is -0.893. The predicted octanol–water partition coefficient (Wildman–Crippen LogP) is 2.37. The van der Waals surface area contributed by atoms with E-state index in [0.29, 0.717) is 11.5 Å². The third-order valence-electron chi connectivity index (χ3n) is 4.07. The molecule has 1 saturated carbocycles. The van der Waals surface area contributed by atoms with E-state index in [0.717, 1.165) is 37.9 Å². The smallest absolute Gasteiger partial charge is 0.335 e. The highest BCUT2D eigenvalue weighted by Gasteiger charge is 2.23. The van der Waals surface area contributed by atoms with E-state index in [1.54, 1.807) is 12.1 Å². The van der Waals surface area contributed by atoms with Crippen molar-refractivity contribution in [1.82, 2.24) is 4.90 Å². The van der Waals surface area contributed by atoms with Crippen LogP contribution in [-0.2, 0) is 6.54 Å². The van der Waals surface area contributed by atoms with Crippen LogP contribution in [0.4, 0.5) is 0 Å². The summed E-state index contributed by atoms with van der Waals surface area (Å²) in [6.07, 6.45) is 4.21. The highest BCUT2D eigenvalue weighted by Crippen LogP contribution is 2.25. The van der Waals surface area contributed by atoms with Crippen molar-refractivity contribution in [2.45, 2.75) is 38.3 Å². The van der Waals surface area contributed by atoms with Gasteiger partial charge < -0.3 is 15.1 Å². The molecule has 1 aliphatic rings. The number of aromatic carboxylic acids is 1. The first-order chi connectivity index (χ1) is 9.56. The molecule has 2 rings (SSSR count). The van der Waals surface area contributed by atoms with E-state index in [1.807, 2.05) is 19.2 Å². The maximum atomic E-state index is 10.8. The molecule has 2 unspecified atom stereocenters. The van der Waals surface area contributed by atoms with Gasteiger partial charge in [-0.1, -0.05) is 25.0 Å². The summed E-state index contributed by atoms with van der Waals surface area (Å²) in [5, 5.41) is 18.9. The van der Waals surface area contributed by atoms with Gasteiger partial charge in [0.1, 0.15) is 0 Å². The summed E-state index contributed by atoms with van der Waals surface area (Å²) >= 11 is 0. The Morgan fingerprint density at radius 3 is 2.50 bits per heavy atom. The molecule has 1 aliphatic carbocycles. The SMILES string of the molecule is CN(Cc1ccc(C(=O)O)cc1)CC1CCCCC1O. The average molecular weight is 277 g/mol. The summed E-state index contributed by atoms with van der Waals surface area (Å²) in [5.41, 5.74) is 1.42. The first kappa shape index (κ1) is 15.0. The summed E-state index contributed by atoms with van der Waals surface area (Å²) in [5.74, 6) is -0.526. The molecule has 4 nitrogen and oxygen atoms in total. The third-order valence-corrected chi connectivity index (χ3v) is 4.07. The number of aliphatic hydroxyl groups is 1. The van der Waals surface area contributed by atoms with Crippen LogP contribution in [-0.4, -0.2) is 40.8 Å². The molecule has 4 heteroatoms. The monoisotopic (exact) mass is 277 g/mol. The lowest BCUT2D eigenvalue weighted by molar-refractivity contribution is 0.0501. The zero-order valence-corrected chi connectivity index (χ0v) is 12.0. The molecule has 1 fully saturated rings. The molecule has 110 valence electrons. The molecule has 20 heavy (non-hydrogen) atoms. The number of carboxylic acids is 1. The van der Waals surface area contributed by atoms with Gasteiger partial charge in [0.05, 0.1) is 11.7 Å². The maximum Gasteiger partial charge on any atom is 0.335 e. The normalized spacial score (nSPS) is 22.9. The van der Waals surface area contributed by atoms with E-state index in [9.17, 15) is 9.90 Å². The van der Waals surface area contributed by atoms with Crippen LogP contribution in [0.5, 0.6) is 0 Å². The number of carbonyl (C=O) groups is 1. The van der Waals surface area contributed by atoms with Crippen LogP contribution in [0, 0.1) is 5.92 Å². The van der Waals surface area contributed by atoms with E-state index in [2.05, 4.69) is 4.90 Å². The van der Waals surface area contributed by atoms with Gasteiger partial charge in [0.2, 0.25) is 0 Å². The fraction of sp³-hybridized carbons (Fsp3) is 0.562. The van der Waals surface area contributed by atoms with E-state index >= 15 is 0 Å². The van der Waals surface area contributed by atoms with Crippen molar-refractivity contribution in [2.24, 2.45) is 5.92 Å². The minimum absolute atomic E-state index is 0.166. The number of hydrogen-bond donors (Lipinski definition) is 2. The standard InChI is InChI=1S/C16H23NO3/c1-17(11-14-4-2-3-5-15(14)18)10-12-6-8-13(9-7-12)16(19)20/h6-9,14-15,18H,2-5,10-11H2,1H3,(H,19,20).